The van der Waals surface area contributed by atoms with Crippen LogP contribution in [0.15, 0.2) is 36.4 Å². The summed E-state index contributed by atoms with van der Waals surface area (Å²) in [5.41, 5.74) is 0.720. The average molecular weight is 290 g/mol. The highest BCUT2D eigenvalue weighted by Crippen LogP contribution is 2.23. The van der Waals surface area contributed by atoms with Crippen molar-refractivity contribution in [2.24, 2.45) is 0 Å². The number of thiophene rings is 1. The van der Waals surface area contributed by atoms with Crippen LogP contribution in [0.3, 0.4) is 0 Å². The Morgan fingerprint density at radius 3 is 2.78 bits per heavy atom. The van der Waals surface area contributed by atoms with Crippen LogP contribution in [0.1, 0.15) is 4.88 Å². The number of halogens is 3. The molecule has 6 heteroatoms. The Morgan fingerprint density at radius 1 is 1.28 bits per heavy atom. The molecule has 0 fully saturated rings. The van der Waals surface area contributed by atoms with Gasteiger partial charge in [-0.05, 0) is 24.3 Å². The van der Waals surface area contributed by atoms with Crippen LogP contribution in [0, 0.1) is 0 Å². The molecule has 0 bridgehead atoms. The van der Waals surface area contributed by atoms with Crippen molar-refractivity contribution in [2.45, 2.75) is 13.2 Å². The van der Waals surface area contributed by atoms with Gasteiger partial charge in [0, 0.05) is 23.2 Å². The van der Waals surface area contributed by atoms with E-state index in [0.717, 1.165) is 14.9 Å². The van der Waals surface area contributed by atoms with E-state index >= 15 is 0 Å². The van der Waals surface area contributed by atoms with E-state index in [0.29, 0.717) is 6.54 Å². The third-order valence-electron chi connectivity index (χ3n) is 2.15. The molecular formula is C12H10ClF2NOS. The van der Waals surface area contributed by atoms with Crippen molar-refractivity contribution in [1.29, 1.82) is 0 Å². The lowest BCUT2D eigenvalue weighted by Gasteiger charge is -2.08. The molecule has 0 aliphatic rings. The number of anilines is 1. The largest absolute Gasteiger partial charge is 0.435 e. The standard InChI is InChI=1S/C12H10ClF2NOS/c13-11-5-4-10(18-11)7-16-8-2-1-3-9(6-8)17-12(14)15/h1-6,12,16H,7H2. The smallest absolute Gasteiger partial charge is 0.387 e. The SMILES string of the molecule is FC(F)Oc1cccc(NCc2ccc(Cl)s2)c1. The predicted octanol–water partition coefficient (Wildman–Crippen LogP) is 4.62. The Kier molecular flexibility index (Phi) is 4.38. The molecule has 1 aromatic heterocycles. The van der Waals surface area contributed by atoms with Crippen molar-refractivity contribution < 1.29 is 13.5 Å². The van der Waals surface area contributed by atoms with Crippen LogP contribution in [0.4, 0.5) is 14.5 Å². The second-order valence-electron chi connectivity index (χ2n) is 3.47. The van der Waals surface area contributed by atoms with Gasteiger partial charge in [0.2, 0.25) is 0 Å². The molecule has 2 nitrogen and oxygen atoms in total. The second kappa shape index (κ2) is 6.02. The summed E-state index contributed by atoms with van der Waals surface area (Å²) in [6.07, 6.45) is 0. The van der Waals surface area contributed by atoms with Crippen LogP contribution in [0.5, 0.6) is 5.75 Å². The van der Waals surface area contributed by atoms with Gasteiger partial charge in [-0.2, -0.15) is 8.78 Å². The first kappa shape index (κ1) is 13.1. The molecule has 0 spiro atoms. The van der Waals surface area contributed by atoms with Gasteiger partial charge in [0.25, 0.3) is 0 Å². The van der Waals surface area contributed by atoms with Gasteiger partial charge in [-0.25, -0.2) is 0 Å². The van der Waals surface area contributed by atoms with Gasteiger partial charge in [0.1, 0.15) is 5.75 Å². The lowest BCUT2D eigenvalue weighted by atomic mass is 10.3. The zero-order chi connectivity index (χ0) is 13.0. The molecule has 1 N–H and O–H groups in total. The zero-order valence-corrected chi connectivity index (χ0v) is 10.8. The lowest BCUT2D eigenvalue weighted by molar-refractivity contribution is -0.0498. The molecule has 1 aromatic carbocycles. The molecule has 0 radical (unpaired) electrons. The van der Waals surface area contributed by atoms with Gasteiger partial charge in [0.15, 0.2) is 0 Å². The lowest BCUT2D eigenvalue weighted by Crippen LogP contribution is -2.03. The summed E-state index contributed by atoms with van der Waals surface area (Å²) in [6.45, 7) is -2.22. The zero-order valence-electron chi connectivity index (χ0n) is 9.20. The highest BCUT2D eigenvalue weighted by Gasteiger charge is 2.04. The number of hydrogen-bond donors (Lipinski definition) is 1. The van der Waals surface area contributed by atoms with Crippen LogP contribution >= 0.6 is 22.9 Å². The fraction of sp³-hybridized carbons (Fsp3) is 0.167. The summed E-state index contributed by atoms with van der Waals surface area (Å²) < 4.78 is 29.1. The molecule has 2 aromatic rings. The Balaban J connectivity index is 1.96. The third-order valence-corrected chi connectivity index (χ3v) is 3.39. The fourth-order valence-electron chi connectivity index (χ4n) is 1.42. The second-order valence-corrected chi connectivity index (χ2v) is 5.27. The topological polar surface area (TPSA) is 21.3 Å². The molecule has 0 amide bonds. The quantitative estimate of drug-likeness (QED) is 0.867. The summed E-state index contributed by atoms with van der Waals surface area (Å²) in [4.78, 5) is 1.07. The minimum absolute atomic E-state index is 0.138. The Hall–Kier alpha value is -1.33. The average Bonchev–Trinajstić information content (AvgIpc) is 2.72. The first-order chi connectivity index (χ1) is 8.63. The number of alkyl halides is 2. The van der Waals surface area contributed by atoms with Crippen LogP contribution in [0.25, 0.3) is 0 Å². The maximum Gasteiger partial charge on any atom is 0.387 e. The number of hydrogen-bond acceptors (Lipinski definition) is 3. The normalized spacial score (nSPS) is 10.7. The van der Waals surface area contributed by atoms with Gasteiger partial charge >= 0.3 is 6.61 Å². The van der Waals surface area contributed by atoms with E-state index in [4.69, 9.17) is 11.6 Å². The van der Waals surface area contributed by atoms with E-state index in [-0.39, 0.29) is 5.75 Å². The predicted molar refractivity (Wildman–Crippen MR) is 69.7 cm³/mol. The van der Waals surface area contributed by atoms with E-state index in [1.54, 1.807) is 12.1 Å². The minimum atomic E-state index is -2.81. The molecule has 1 heterocycles. The summed E-state index contributed by atoms with van der Waals surface area (Å²) in [5, 5.41) is 3.11. The first-order valence-corrected chi connectivity index (χ1v) is 6.36. The van der Waals surface area contributed by atoms with E-state index in [1.165, 1.54) is 23.5 Å². The molecule has 0 saturated carbocycles. The van der Waals surface area contributed by atoms with Crippen LogP contribution in [-0.2, 0) is 6.54 Å². The monoisotopic (exact) mass is 289 g/mol. The summed E-state index contributed by atoms with van der Waals surface area (Å²) in [6, 6.07) is 10.2. The minimum Gasteiger partial charge on any atom is -0.435 e. The number of nitrogens with one attached hydrogen (secondary N) is 1. The molecule has 96 valence electrons. The van der Waals surface area contributed by atoms with Crippen molar-refractivity contribution in [1.82, 2.24) is 0 Å². The van der Waals surface area contributed by atoms with E-state index < -0.39 is 6.61 Å². The Morgan fingerprint density at radius 2 is 2.11 bits per heavy atom. The highest BCUT2D eigenvalue weighted by atomic mass is 35.5. The Labute approximate surface area is 112 Å². The van der Waals surface area contributed by atoms with Crippen LogP contribution in [0.2, 0.25) is 4.34 Å². The summed E-state index contributed by atoms with van der Waals surface area (Å²) >= 11 is 7.29. The van der Waals surface area contributed by atoms with Crippen molar-refractivity contribution in [3.05, 3.63) is 45.6 Å². The third kappa shape index (κ3) is 3.85. The van der Waals surface area contributed by atoms with Gasteiger partial charge in [0.05, 0.1) is 4.34 Å². The van der Waals surface area contributed by atoms with Crippen molar-refractivity contribution in [3.63, 3.8) is 0 Å². The number of benzene rings is 1. The molecule has 0 aliphatic carbocycles. The number of ether oxygens (including phenoxy) is 1. The summed E-state index contributed by atoms with van der Waals surface area (Å²) in [7, 11) is 0. The Bertz CT molecular complexity index is 518. The summed E-state index contributed by atoms with van der Waals surface area (Å²) in [5.74, 6) is 0.138. The van der Waals surface area contributed by atoms with Crippen molar-refractivity contribution in [3.8, 4) is 5.75 Å². The first-order valence-electron chi connectivity index (χ1n) is 5.16. The maximum absolute atomic E-state index is 12.1. The molecular weight excluding hydrogens is 280 g/mol. The fourth-order valence-corrected chi connectivity index (χ4v) is 2.45. The van der Waals surface area contributed by atoms with E-state index in [1.807, 2.05) is 12.1 Å². The molecule has 0 atom stereocenters. The van der Waals surface area contributed by atoms with E-state index in [9.17, 15) is 8.78 Å². The molecule has 0 unspecified atom stereocenters. The van der Waals surface area contributed by atoms with E-state index in [2.05, 4.69) is 10.1 Å². The maximum atomic E-state index is 12.1. The van der Waals surface area contributed by atoms with Crippen molar-refractivity contribution >= 4 is 28.6 Å². The van der Waals surface area contributed by atoms with Gasteiger partial charge in [-0.3, -0.25) is 0 Å². The number of rotatable bonds is 5. The van der Waals surface area contributed by atoms with Crippen LogP contribution < -0.4 is 10.1 Å². The molecule has 0 saturated heterocycles. The van der Waals surface area contributed by atoms with Gasteiger partial charge in [-0.1, -0.05) is 17.7 Å². The highest BCUT2D eigenvalue weighted by molar-refractivity contribution is 7.16. The molecule has 0 aliphatic heterocycles. The van der Waals surface area contributed by atoms with Gasteiger partial charge < -0.3 is 10.1 Å². The van der Waals surface area contributed by atoms with Crippen molar-refractivity contribution in [2.75, 3.05) is 5.32 Å². The van der Waals surface area contributed by atoms with Gasteiger partial charge in [-0.15, -0.1) is 11.3 Å². The van der Waals surface area contributed by atoms with Crippen LogP contribution in [-0.4, -0.2) is 6.61 Å². The molecule has 18 heavy (non-hydrogen) atoms. The molecule has 2 rings (SSSR count).